The van der Waals surface area contributed by atoms with Gasteiger partial charge in [0.05, 0.1) is 6.61 Å². The molecule has 1 unspecified atom stereocenters. The molecule has 0 radical (unpaired) electrons. The van der Waals surface area contributed by atoms with Crippen molar-refractivity contribution < 1.29 is 14.3 Å². The van der Waals surface area contributed by atoms with Crippen LogP contribution in [0.1, 0.15) is 39.0 Å². The molecule has 1 rings (SSSR count). The van der Waals surface area contributed by atoms with Gasteiger partial charge >= 0.3 is 5.97 Å². The minimum Gasteiger partial charge on any atom is -0.464 e. The van der Waals surface area contributed by atoms with E-state index in [2.05, 4.69) is 5.32 Å². The van der Waals surface area contributed by atoms with Gasteiger partial charge in [0, 0.05) is 13.0 Å². The molecule has 104 valence electrons. The number of nitrogens with zero attached hydrogens (tertiary/aromatic N) is 1. The first-order chi connectivity index (χ1) is 8.70. The zero-order valence-corrected chi connectivity index (χ0v) is 11.4. The van der Waals surface area contributed by atoms with E-state index in [9.17, 15) is 9.59 Å². The van der Waals surface area contributed by atoms with Gasteiger partial charge in [-0.15, -0.1) is 0 Å². The molecule has 1 aliphatic heterocycles. The highest BCUT2D eigenvalue weighted by Gasteiger charge is 2.32. The highest BCUT2D eigenvalue weighted by atomic mass is 16.5. The third-order valence-electron chi connectivity index (χ3n) is 3.20. The van der Waals surface area contributed by atoms with E-state index < -0.39 is 0 Å². The predicted octanol–water partition coefficient (Wildman–Crippen LogP) is 0.930. The second-order valence-electron chi connectivity index (χ2n) is 4.56. The van der Waals surface area contributed by atoms with Crippen molar-refractivity contribution >= 4 is 11.9 Å². The Morgan fingerprint density at radius 1 is 1.39 bits per heavy atom. The van der Waals surface area contributed by atoms with Crippen LogP contribution in [0, 0.1) is 0 Å². The molecule has 1 fully saturated rings. The highest BCUT2D eigenvalue weighted by molar-refractivity contribution is 5.84. The van der Waals surface area contributed by atoms with Gasteiger partial charge in [-0.05, 0) is 46.2 Å². The lowest BCUT2D eigenvalue weighted by Crippen LogP contribution is -2.48. The van der Waals surface area contributed by atoms with Crippen LogP contribution in [0.4, 0.5) is 0 Å². The molecule has 1 heterocycles. The summed E-state index contributed by atoms with van der Waals surface area (Å²) in [5.41, 5.74) is 0. The maximum Gasteiger partial charge on any atom is 0.328 e. The first kappa shape index (κ1) is 15.0. The highest BCUT2D eigenvalue weighted by Crippen LogP contribution is 2.19. The van der Waals surface area contributed by atoms with E-state index in [0.29, 0.717) is 19.6 Å². The lowest BCUT2D eigenvalue weighted by molar-refractivity contribution is -0.156. The molecule has 5 nitrogen and oxygen atoms in total. The third kappa shape index (κ3) is 4.29. The number of hydrogen-bond donors (Lipinski definition) is 1. The molecule has 0 bridgehead atoms. The lowest BCUT2D eigenvalue weighted by Gasteiger charge is -2.34. The average molecular weight is 256 g/mol. The van der Waals surface area contributed by atoms with Crippen molar-refractivity contribution in [3.63, 3.8) is 0 Å². The molecule has 0 spiro atoms. The van der Waals surface area contributed by atoms with Gasteiger partial charge in [-0.2, -0.15) is 0 Å². The van der Waals surface area contributed by atoms with Gasteiger partial charge in [0.15, 0.2) is 0 Å². The van der Waals surface area contributed by atoms with Gasteiger partial charge in [-0.3, -0.25) is 4.79 Å². The molecule has 1 amide bonds. The number of nitrogens with one attached hydrogen (secondary N) is 1. The summed E-state index contributed by atoms with van der Waals surface area (Å²) in [6, 6.07) is -0.360. The number of esters is 1. The summed E-state index contributed by atoms with van der Waals surface area (Å²) < 4.78 is 5.04. The number of likely N-dealkylation sites (tertiary alicyclic amines) is 1. The summed E-state index contributed by atoms with van der Waals surface area (Å²) in [4.78, 5) is 25.6. The van der Waals surface area contributed by atoms with E-state index in [-0.39, 0.29) is 17.9 Å². The summed E-state index contributed by atoms with van der Waals surface area (Å²) in [6.45, 7) is 3.67. The molecule has 0 aromatic heterocycles. The Balaban J connectivity index is 2.52. The van der Waals surface area contributed by atoms with Crippen molar-refractivity contribution in [3.8, 4) is 0 Å². The van der Waals surface area contributed by atoms with Gasteiger partial charge in [0.25, 0.3) is 0 Å². The Labute approximate surface area is 109 Å². The number of amides is 1. The van der Waals surface area contributed by atoms with E-state index >= 15 is 0 Å². The van der Waals surface area contributed by atoms with Gasteiger partial charge in [-0.25, -0.2) is 4.79 Å². The second kappa shape index (κ2) is 8.08. The summed E-state index contributed by atoms with van der Waals surface area (Å²) >= 11 is 0. The zero-order chi connectivity index (χ0) is 13.4. The minimum atomic E-state index is -0.360. The number of carbonyl (C=O) groups is 2. The van der Waals surface area contributed by atoms with E-state index in [1.54, 1.807) is 11.8 Å². The zero-order valence-electron chi connectivity index (χ0n) is 11.4. The Morgan fingerprint density at radius 2 is 2.17 bits per heavy atom. The van der Waals surface area contributed by atoms with Crippen molar-refractivity contribution in [2.45, 2.75) is 45.1 Å². The Kier molecular flexibility index (Phi) is 6.72. The number of ether oxygens (including phenoxy) is 1. The Morgan fingerprint density at radius 3 is 2.83 bits per heavy atom. The predicted molar refractivity (Wildman–Crippen MR) is 69.1 cm³/mol. The van der Waals surface area contributed by atoms with Crippen LogP contribution in [0.3, 0.4) is 0 Å². The van der Waals surface area contributed by atoms with E-state index in [1.165, 1.54) is 0 Å². The number of piperidine rings is 1. The van der Waals surface area contributed by atoms with Gasteiger partial charge in [0.1, 0.15) is 6.04 Å². The maximum absolute atomic E-state index is 12.1. The molecule has 0 aromatic carbocycles. The summed E-state index contributed by atoms with van der Waals surface area (Å²) in [7, 11) is 1.87. The van der Waals surface area contributed by atoms with Crippen LogP contribution in [-0.2, 0) is 14.3 Å². The van der Waals surface area contributed by atoms with Crippen LogP contribution in [0.2, 0.25) is 0 Å². The molecule has 18 heavy (non-hydrogen) atoms. The van der Waals surface area contributed by atoms with Gasteiger partial charge in [-0.1, -0.05) is 0 Å². The molecule has 1 N–H and O–H groups in total. The normalized spacial score (nSPS) is 19.7. The Hall–Kier alpha value is -1.10. The topological polar surface area (TPSA) is 58.6 Å². The SMILES string of the molecule is CCOC(=O)C1CCCCN1C(=O)CCCNC. The van der Waals surface area contributed by atoms with Crippen molar-refractivity contribution in [3.05, 3.63) is 0 Å². The van der Waals surface area contributed by atoms with E-state index in [1.807, 2.05) is 7.05 Å². The largest absolute Gasteiger partial charge is 0.464 e. The fraction of sp³-hybridized carbons (Fsp3) is 0.846. The molecule has 1 saturated heterocycles. The monoisotopic (exact) mass is 256 g/mol. The molecule has 1 atom stereocenters. The molecule has 5 heteroatoms. The van der Waals surface area contributed by atoms with Crippen LogP contribution >= 0.6 is 0 Å². The quantitative estimate of drug-likeness (QED) is 0.567. The Bertz CT molecular complexity index is 281. The van der Waals surface area contributed by atoms with Gasteiger partial charge < -0.3 is 15.0 Å². The molecule has 0 aliphatic carbocycles. The summed E-state index contributed by atoms with van der Waals surface area (Å²) in [5, 5.41) is 3.02. The lowest BCUT2D eigenvalue weighted by atomic mass is 10.0. The fourth-order valence-electron chi connectivity index (χ4n) is 2.27. The van der Waals surface area contributed by atoms with Crippen molar-refractivity contribution in [2.75, 3.05) is 26.7 Å². The maximum atomic E-state index is 12.1. The standard InChI is InChI=1S/C13H24N2O3/c1-3-18-13(17)11-7-4-5-10-15(11)12(16)8-6-9-14-2/h11,14H,3-10H2,1-2H3. The van der Waals surface area contributed by atoms with Crippen molar-refractivity contribution in [2.24, 2.45) is 0 Å². The molecule has 1 aliphatic rings. The van der Waals surface area contributed by atoms with Crippen molar-refractivity contribution in [1.82, 2.24) is 10.2 Å². The number of carbonyl (C=O) groups excluding carboxylic acids is 2. The molecular weight excluding hydrogens is 232 g/mol. The number of rotatable bonds is 6. The fourth-order valence-corrected chi connectivity index (χ4v) is 2.27. The smallest absolute Gasteiger partial charge is 0.328 e. The summed E-state index contributed by atoms with van der Waals surface area (Å²) in [5.74, 6) is -0.179. The van der Waals surface area contributed by atoms with Crippen LogP contribution in [0.5, 0.6) is 0 Å². The number of hydrogen-bond acceptors (Lipinski definition) is 4. The molecular formula is C13H24N2O3. The molecule has 0 saturated carbocycles. The molecule has 0 aromatic rings. The van der Waals surface area contributed by atoms with E-state index in [0.717, 1.165) is 32.2 Å². The van der Waals surface area contributed by atoms with E-state index in [4.69, 9.17) is 4.74 Å². The third-order valence-corrected chi connectivity index (χ3v) is 3.20. The van der Waals surface area contributed by atoms with Crippen LogP contribution < -0.4 is 5.32 Å². The van der Waals surface area contributed by atoms with Gasteiger partial charge in [0.2, 0.25) is 5.91 Å². The van der Waals surface area contributed by atoms with Crippen molar-refractivity contribution in [1.29, 1.82) is 0 Å². The average Bonchev–Trinajstić information content (AvgIpc) is 2.39. The first-order valence-electron chi connectivity index (χ1n) is 6.81. The van der Waals surface area contributed by atoms with Crippen LogP contribution in [0.15, 0.2) is 0 Å². The first-order valence-corrected chi connectivity index (χ1v) is 6.81. The van der Waals surface area contributed by atoms with Crippen LogP contribution in [0.25, 0.3) is 0 Å². The van der Waals surface area contributed by atoms with Crippen LogP contribution in [-0.4, -0.2) is 49.6 Å². The minimum absolute atomic E-state index is 0.0722. The summed E-state index contributed by atoms with van der Waals surface area (Å²) in [6.07, 6.45) is 4.01. The second-order valence-corrected chi connectivity index (χ2v) is 4.56.